The SMILES string of the molecule is CCNC(=O)[C@@H](CC)N(Cc1ccccc1Cl)C(=O)CN(c1cc(OC)ccc1OC)S(=O)(=O)c1ccc(C)cc1. The van der Waals surface area contributed by atoms with Gasteiger partial charge >= 0.3 is 0 Å². The molecule has 0 aliphatic carbocycles. The van der Waals surface area contributed by atoms with E-state index in [1.54, 1.807) is 62.4 Å². The third-order valence-corrected chi connectivity index (χ3v) is 8.72. The fraction of sp³-hybridized carbons (Fsp3) is 0.333. The van der Waals surface area contributed by atoms with Crippen LogP contribution in [0.4, 0.5) is 5.69 Å². The van der Waals surface area contributed by atoms with Crippen LogP contribution >= 0.6 is 11.6 Å². The number of carbonyl (C=O) groups is 2. The number of sulfonamides is 1. The van der Waals surface area contributed by atoms with E-state index in [9.17, 15) is 18.0 Å². The molecule has 220 valence electrons. The Morgan fingerprint density at radius 2 is 1.66 bits per heavy atom. The minimum Gasteiger partial charge on any atom is -0.497 e. The summed E-state index contributed by atoms with van der Waals surface area (Å²) in [7, 11) is -1.41. The molecule has 0 radical (unpaired) electrons. The topological polar surface area (TPSA) is 105 Å². The number of hydrogen-bond donors (Lipinski definition) is 1. The first-order valence-electron chi connectivity index (χ1n) is 13.2. The molecule has 0 spiro atoms. The molecule has 0 fully saturated rings. The lowest BCUT2D eigenvalue weighted by atomic mass is 10.1. The fourth-order valence-corrected chi connectivity index (χ4v) is 5.98. The maximum absolute atomic E-state index is 14.2. The van der Waals surface area contributed by atoms with Gasteiger partial charge in [-0.05, 0) is 56.2 Å². The lowest BCUT2D eigenvalue weighted by Crippen LogP contribution is -2.52. The van der Waals surface area contributed by atoms with Gasteiger partial charge in [-0.25, -0.2) is 8.42 Å². The van der Waals surface area contributed by atoms with Crippen molar-refractivity contribution in [1.82, 2.24) is 10.2 Å². The number of ether oxygens (including phenoxy) is 2. The maximum Gasteiger partial charge on any atom is 0.264 e. The molecule has 0 aliphatic heterocycles. The summed E-state index contributed by atoms with van der Waals surface area (Å²) in [6, 6.07) is 17.2. The Morgan fingerprint density at radius 3 is 2.24 bits per heavy atom. The number of hydrogen-bond acceptors (Lipinski definition) is 6. The van der Waals surface area contributed by atoms with Gasteiger partial charge in [-0.1, -0.05) is 54.4 Å². The first-order valence-corrected chi connectivity index (χ1v) is 15.0. The number of rotatable bonds is 13. The molecule has 0 heterocycles. The first-order chi connectivity index (χ1) is 19.6. The zero-order valence-electron chi connectivity index (χ0n) is 23.9. The summed E-state index contributed by atoms with van der Waals surface area (Å²) in [5, 5.41) is 3.20. The Bertz CT molecular complexity index is 1460. The zero-order valence-corrected chi connectivity index (χ0v) is 25.5. The van der Waals surface area contributed by atoms with Crippen LogP contribution in [-0.4, -0.2) is 58.5 Å². The standard InChI is InChI=1S/C30H36ClN3O6S/c1-6-26(30(36)32-7-2)33(19-22-10-8-9-11-25(22)31)29(35)20-34(27-18-23(39-4)14-17-28(27)40-5)41(37,38)24-15-12-21(3)13-16-24/h8-18,26H,6-7,19-20H2,1-5H3,(H,32,36)/t26-/m1/s1. The van der Waals surface area contributed by atoms with E-state index >= 15 is 0 Å². The second-order valence-corrected chi connectivity index (χ2v) is 11.6. The Kier molecular flexibility index (Phi) is 11.0. The highest BCUT2D eigenvalue weighted by molar-refractivity contribution is 7.92. The number of aryl methyl sites for hydroxylation is 1. The van der Waals surface area contributed by atoms with Gasteiger partial charge in [-0.3, -0.25) is 13.9 Å². The molecule has 0 saturated carbocycles. The number of anilines is 1. The first kappa shape index (κ1) is 31.8. The second kappa shape index (κ2) is 14.2. The van der Waals surface area contributed by atoms with Gasteiger partial charge < -0.3 is 19.7 Å². The summed E-state index contributed by atoms with van der Waals surface area (Å²) < 4.78 is 40.1. The highest BCUT2D eigenvalue weighted by Crippen LogP contribution is 2.36. The molecule has 41 heavy (non-hydrogen) atoms. The number of likely N-dealkylation sites (N-methyl/N-ethyl adjacent to an activating group) is 1. The summed E-state index contributed by atoms with van der Waals surface area (Å²) in [5.74, 6) is -0.340. The minimum atomic E-state index is -4.28. The Morgan fingerprint density at radius 1 is 0.976 bits per heavy atom. The van der Waals surface area contributed by atoms with E-state index in [1.165, 1.54) is 37.3 Å². The molecule has 0 bridgehead atoms. The van der Waals surface area contributed by atoms with Crippen LogP contribution < -0.4 is 19.1 Å². The van der Waals surface area contributed by atoms with Crippen molar-refractivity contribution in [3.05, 3.63) is 82.9 Å². The Hall–Kier alpha value is -3.76. The molecule has 0 aliphatic rings. The van der Waals surface area contributed by atoms with Crippen LogP contribution in [0.1, 0.15) is 31.4 Å². The highest BCUT2D eigenvalue weighted by atomic mass is 35.5. The number of amides is 2. The van der Waals surface area contributed by atoms with Crippen LogP contribution in [0.5, 0.6) is 11.5 Å². The molecule has 2 amide bonds. The molecular formula is C30H36ClN3O6S. The number of halogens is 1. The smallest absolute Gasteiger partial charge is 0.264 e. The molecule has 1 atom stereocenters. The van der Waals surface area contributed by atoms with Crippen LogP contribution in [0, 0.1) is 6.92 Å². The quantitative estimate of drug-likeness (QED) is 0.302. The Balaban J connectivity index is 2.16. The average Bonchev–Trinajstić information content (AvgIpc) is 2.96. The normalized spacial score (nSPS) is 11.9. The minimum absolute atomic E-state index is 0.00180. The van der Waals surface area contributed by atoms with E-state index < -0.39 is 28.5 Å². The summed E-state index contributed by atoms with van der Waals surface area (Å²) in [5.41, 5.74) is 1.62. The van der Waals surface area contributed by atoms with Crippen molar-refractivity contribution in [1.29, 1.82) is 0 Å². The van der Waals surface area contributed by atoms with E-state index in [0.29, 0.717) is 29.3 Å². The fourth-order valence-electron chi connectivity index (χ4n) is 4.36. The van der Waals surface area contributed by atoms with Gasteiger partial charge in [0.15, 0.2) is 0 Å². The molecule has 3 aromatic carbocycles. The lowest BCUT2D eigenvalue weighted by molar-refractivity contribution is -0.140. The summed E-state index contributed by atoms with van der Waals surface area (Å²) in [4.78, 5) is 28.6. The van der Waals surface area contributed by atoms with Gasteiger partial charge in [0.05, 0.1) is 24.8 Å². The van der Waals surface area contributed by atoms with Crippen LogP contribution in [-0.2, 0) is 26.2 Å². The molecule has 3 rings (SSSR count). The predicted octanol–water partition coefficient (Wildman–Crippen LogP) is 4.80. The van der Waals surface area contributed by atoms with Gasteiger partial charge in [0.25, 0.3) is 10.0 Å². The summed E-state index contributed by atoms with van der Waals surface area (Å²) >= 11 is 6.43. The van der Waals surface area contributed by atoms with Crippen molar-refractivity contribution in [3.63, 3.8) is 0 Å². The molecule has 1 N–H and O–H groups in total. The van der Waals surface area contributed by atoms with Crippen LogP contribution in [0.25, 0.3) is 0 Å². The second-order valence-electron chi connectivity index (χ2n) is 9.29. The lowest BCUT2D eigenvalue weighted by Gasteiger charge is -2.33. The number of methoxy groups -OCH3 is 2. The van der Waals surface area contributed by atoms with Crippen molar-refractivity contribution in [3.8, 4) is 11.5 Å². The Labute approximate surface area is 247 Å². The van der Waals surface area contributed by atoms with Gasteiger partial charge in [0, 0.05) is 24.2 Å². The van der Waals surface area contributed by atoms with Crippen molar-refractivity contribution < 1.29 is 27.5 Å². The molecule has 9 nitrogen and oxygen atoms in total. The molecule has 0 aromatic heterocycles. The molecule has 11 heteroatoms. The van der Waals surface area contributed by atoms with Crippen molar-refractivity contribution in [2.75, 3.05) is 31.6 Å². The van der Waals surface area contributed by atoms with Crippen LogP contribution in [0.15, 0.2) is 71.6 Å². The molecule has 0 saturated heterocycles. The van der Waals surface area contributed by atoms with Gasteiger partial charge in [0.1, 0.15) is 24.1 Å². The number of carbonyl (C=O) groups excluding carboxylic acids is 2. The molecular weight excluding hydrogens is 566 g/mol. The zero-order chi connectivity index (χ0) is 30.2. The highest BCUT2D eigenvalue weighted by Gasteiger charge is 2.35. The molecule has 0 unspecified atom stereocenters. The maximum atomic E-state index is 14.2. The van der Waals surface area contributed by atoms with Crippen LogP contribution in [0.2, 0.25) is 5.02 Å². The number of nitrogens with zero attached hydrogens (tertiary/aromatic N) is 2. The van der Waals surface area contributed by atoms with Crippen molar-refractivity contribution in [2.24, 2.45) is 0 Å². The van der Waals surface area contributed by atoms with E-state index in [0.717, 1.165) is 9.87 Å². The number of nitrogens with one attached hydrogen (secondary N) is 1. The third-order valence-electron chi connectivity index (χ3n) is 6.58. The van der Waals surface area contributed by atoms with Crippen LogP contribution in [0.3, 0.4) is 0 Å². The van der Waals surface area contributed by atoms with Crippen molar-refractivity contribution >= 4 is 39.1 Å². The van der Waals surface area contributed by atoms with Crippen molar-refractivity contribution in [2.45, 2.75) is 44.7 Å². The average molecular weight is 602 g/mol. The predicted molar refractivity (Wildman–Crippen MR) is 160 cm³/mol. The largest absolute Gasteiger partial charge is 0.497 e. The summed E-state index contributed by atoms with van der Waals surface area (Å²) in [6.07, 6.45) is 0.301. The van der Waals surface area contributed by atoms with Gasteiger partial charge in [-0.2, -0.15) is 0 Å². The van der Waals surface area contributed by atoms with Gasteiger partial charge in [-0.15, -0.1) is 0 Å². The monoisotopic (exact) mass is 601 g/mol. The third kappa shape index (κ3) is 7.51. The molecule has 3 aromatic rings. The number of benzene rings is 3. The van der Waals surface area contributed by atoms with E-state index in [2.05, 4.69) is 5.32 Å². The van der Waals surface area contributed by atoms with E-state index in [4.69, 9.17) is 21.1 Å². The van der Waals surface area contributed by atoms with Gasteiger partial charge in [0.2, 0.25) is 11.8 Å². The van der Waals surface area contributed by atoms with E-state index in [1.807, 2.05) is 6.92 Å². The van der Waals surface area contributed by atoms with E-state index in [-0.39, 0.29) is 28.8 Å². The summed E-state index contributed by atoms with van der Waals surface area (Å²) in [6.45, 7) is 5.19.